The van der Waals surface area contributed by atoms with Crippen molar-refractivity contribution < 1.29 is 19.1 Å². The van der Waals surface area contributed by atoms with Crippen molar-refractivity contribution in [3.8, 4) is 11.3 Å². The number of carboxylic acids is 1. The number of carboxylic acid groups (broad SMARTS) is 1. The molecule has 0 spiro atoms. The Hall–Kier alpha value is -4.36. The highest BCUT2D eigenvalue weighted by Gasteiger charge is 2.34. The fourth-order valence-corrected chi connectivity index (χ4v) is 4.79. The molecule has 0 bridgehead atoms. The van der Waals surface area contributed by atoms with Gasteiger partial charge in [0.05, 0.1) is 22.7 Å². The van der Waals surface area contributed by atoms with E-state index in [0.29, 0.717) is 33.7 Å². The van der Waals surface area contributed by atoms with Crippen LogP contribution in [-0.4, -0.2) is 27.1 Å². The van der Waals surface area contributed by atoms with Gasteiger partial charge in [-0.05, 0) is 54.6 Å². The number of benzene rings is 3. The van der Waals surface area contributed by atoms with Gasteiger partial charge in [-0.1, -0.05) is 66.2 Å². The van der Waals surface area contributed by atoms with Crippen LogP contribution in [0.2, 0.25) is 0 Å². The molecule has 178 valence electrons. The first-order chi connectivity index (χ1) is 17.5. The first kappa shape index (κ1) is 23.4. The van der Waals surface area contributed by atoms with E-state index in [2.05, 4.69) is 0 Å². The van der Waals surface area contributed by atoms with Crippen molar-refractivity contribution in [1.29, 1.82) is 0 Å². The molecule has 0 atom stereocenters. The zero-order valence-electron chi connectivity index (χ0n) is 19.4. The summed E-state index contributed by atoms with van der Waals surface area (Å²) in [4.78, 5) is 31.9. The molecular weight excluding hydrogens is 472 g/mol. The predicted molar refractivity (Wildman–Crippen MR) is 142 cm³/mol. The number of aromatic carboxylic acids is 1. The van der Waals surface area contributed by atoms with Gasteiger partial charge in [-0.25, -0.2) is 9.79 Å². The third kappa shape index (κ3) is 5.01. The summed E-state index contributed by atoms with van der Waals surface area (Å²) in [6, 6.07) is 27.7. The number of hydrogen-bond acceptors (Lipinski definition) is 5. The molecule has 5 rings (SSSR count). The third-order valence-electron chi connectivity index (χ3n) is 5.65. The summed E-state index contributed by atoms with van der Waals surface area (Å²) >= 11 is 1.29. The van der Waals surface area contributed by atoms with E-state index in [1.54, 1.807) is 41.3 Å². The number of furan rings is 1. The number of aryl methyl sites for hydroxylation is 1. The molecule has 6 nitrogen and oxygen atoms in total. The van der Waals surface area contributed by atoms with E-state index in [9.17, 15) is 14.7 Å². The average Bonchev–Trinajstić information content (AvgIpc) is 3.46. The molecule has 0 unspecified atom stereocenters. The van der Waals surface area contributed by atoms with E-state index in [-0.39, 0.29) is 11.5 Å². The summed E-state index contributed by atoms with van der Waals surface area (Å²) in [7, 11) is 0. The Morgan fingerprint density at radius 2 is 1.69 bits per heavy atom. The maximum Gasteiger partial charge on any atom is 0.336 e. The molecule has 36 heavy (non-hydrogen) atoms. The lowest BCUT2D eigenvalue weighted by Gasteiger charge is -2.15. The number of aliphatic imine (C=N–C) groups is 1. The van der Waals surface area contributed by atoms with Crippen LogP contribution >= 0.6 is 11.8 Å². The summed E-state index contributed by atoms with van der Waals surface area (Å²) < 4.78 is 5.93. The van der Waals surface area contributed by atoms with E-state index < -0.39 is 5.97 Å². The fourth-order valence-electron chi connectivity index (χ4n) is 3.82. The van der Waals surface area contributed by atoms with E-state index in [1.165, 1.54) is 17.8 Å². The van der Waals surface area contributed by atoms with E-state index >= 15 is 0 Å². The average molecular weight is 495 g/mol. The van der Waals surface area contributed by atoms with Crippen LogP contribution in [0.4, 0.5) is 5.69 Å². The molecule has 1 amide bonds. The van der Waals surface area contributed by atoms with E-state index in [0.717, 1.165) is 16.8 Å². The van der Waals surface area contributed by atoms with Crippen molar-refractivity contribution >= 4 is 40.6 Å². The molecule has 1 fully saturated rings. The molecule has 0 saturated carbocycles. The summed E-state index contributed by atoms with van der Waals surface area (Å²) in [6.07, 6.45) is 1.68. The Balaban J connectivity index is 1.48. The van der Waals surface area contributed by atoms with Gasteiger partial charge in [0.2, 0.25) is 0 Å². The highest BCUT2D eigenvalue weighted by Crippen LogP contribution is 2.36. The van der Waals surface area contributed by atoms with Crippen molar-refractivity contribution in [3.63, 3.8) is 0 Å². The Kier molecular flexibility index (Phi) is 6.56. The highest BCUT2D eigenvalue weighted by atomic mass is 32.2. The SMILES string of the molecule is Cc1ccc(N=C2S/C(=C/c3ccc(-c4ccccc4C(=O)O)o3)C(=O)N2Cc2ccccc2)cc1. The number of amides is 1. The number of carbonyl (C=O) groups is 2. The zero-order chi connectivity index (χ0) is 25.1. The Morgan fingerprint density at radius 1 is 0.972 bits per heavy atom. The summed E-state index contributed by atoms with van der Waals surface area (Å²) in [5.74, 6) is -0.321. The normalized spacial score (nSPS) is 15.7. The van der Waals surface area contributed by atoms with Gasteiger partial charge >= 0.3 is 5.97 Å². The third-order valence-corrected chi connectivity index (χ3v) is 6.66. The first-order valence-electron chi connectivity index (χ1n) is 11.3. The van der Waals surface area contributed by atoms with Gasteiger partial charge in [0.1, 0.15) is 11.5 Å². The molecule has 0 radical (unpaired) electrons. The molecule has 0 aliphatic carbocycles. The Bertz CT molecular complexity index is 1490. The standard InChI is InChI=1S/C29H22N2O4S/c1-19-11-13-21(14-12-19)30-29-31(18-20-7-3-2-4-8-20)27(32)26(36-29)17-22-15-16-25(35-22)23-9-5-6-10-24(23)28(33)34/h2-17H,18H2,1H3,(H,33,34)/b26-17+,30-29?. The molecule has 1 aromatic heterocycles. The highest BCUT2D eigenvalue weighted by molar-refractivity contribution is 8.18. The van der Waals surface area contributed by atoms with Crippen LogP contribution in [0.5, 0.6) is 0 Å². The second kappa shape index (κ2) is 10.1. The predicted octanol–water partition coefficient (Wildman–Crippen LogP) is 6.76. The smallest absolute Gasteiger partial charge is 0.336 e. The lowest BCUT2D eigenvalue weighted by molar-refractivity contribution is -0.122. The van der Waals surface area contributed by atoms with Gasteiger partial charge in [-0.15, -0.1) is 0 Å². The first-order valence-corrected chi connectivity index (χ1v) is 12.1. The molecule has 2 heterocycles. The summed E-state index contributed by atoms with van der Waals surface area (Å²) in [5, 5.41) is 10.1. The number of carbonyl (C=O) groups excluding carboxylic acids is 1. The monoisotopic (exact) mass is 494 g/mol. The summed E-state index contributed by atoms with van der Waals surface area (Å²) in [5.41, 5.74) is 3.52. The molecule has 7 heteroatoms. The maximum absolute atomic E-state index is 13.4. The van der Waals surface area contributed by atoms with E-state index in [4.69, 9.17) is 9.41 Å². The molecule has 4 aromatic rings. The van der Waals surface area contributed by atoms with Crippen molar-refractivity contribution in [2.75, 3.05) is 0 Å². The number of rotatable bonds is 6. The van der Waals surface area contributed by atoms with Gasteiger partial charge in [0.15, 0.2) is 5.17 Å². The fraction of sp³-hybridized carbons (Fsp3) is 0.0690. The van der Waals surface area contributed by atoms with Crippen molar-refractivity contribution in [2.24, 2.45) is 4.99 Å². The largest absolute Gasteiger partial charge is 0.478 e. The van der Waals surface area contributed by atoms with Crippen molar-refractivity contribution in [1.82, 2.24) is 4.90 Å². The van der Waals surface area contributed by atoms with Gasteiger partial charge in [-0.3, -0.25) is 9.69 Å². The van der Waals surface area contributed by atoms with E-state index in [1.807, 2.05) is 61.5 Å². The second-order valence-corrected chi connectivity index (χ2v) is 9.28. The molecule has 1 N–H and O–H groups in total. The Morgan fingerprint density at radius 3 is 2.44 bits per heavy atom. The number of nitrogens with zero attached hydrogens (tertiary/aromatic N) is 2. The lowest BCUT2D eigenvalue weighted by atomic mass is 10.1. The minimum Gasteiger partial charge on any atom is -0.478 e. The van der Waals surface area contributed by atoms with Crippen molar-refractivity contribution in [3.05, 3.63) is 118 Å². The maximum atomic E-state index is 13.4. The van der Waals surface area contributed by atoms with Crippen LogP contribution < -0.4 is 0 Å². The second-order valence-electron chi connectivity index (χ2n) is 8.27. The Labute approximate surface area is 212 Å². The molecule has 3 aromatic carbocycles. The quantitative estimate of drug-likeness (QED) is 0.300. The molecule has 1 saturated heterocycles. The van der Waals surface area contributed by atoms with Gasteiger partial charge in [0, 0.05) is 11.6 Å². The van der Waals surface area contributed by atoms with Crippen LogP contribution in [0.15, 0.2) is 105 Å². The van der Waals surface area contributed by atoms with Crippen LogP contribution in [0.25, 0.3) is 17.4 Å². The van der Waals surface area contributed by atoms with Gasteiger partial charge in [0.25, 0.3) is 5.91 Å². The topological polar surface area (TPSA) is 83.1 Å². The number of hydrogen-bond donors (Lipinski definition) is 1. The van der Waals surface area contributed by atoms with Crippen molar-refractivity contribution in [2.45, 2.75) is 13.5 Å². The van der Waals surface area contributed by atoms with Crippen LogP contribution in [0.1, 0.15) is 27.2 Å². The summed E-state index contributed by atoms with van der Waals surface area (Å²) in [6.45, 7) is 2.41. The van der Waals surface area contributed by atoms with Crippen LogP contribution in [0.3, 0.4) is 0 Å². The zero-order valence-corrected chi connectivity index (χ0v) is 20.2. The number of thioether (sulfide) groups is 1. The van der Waals surface area contributed by atoms with Gasteiger partial charge in [-0.2, -0.15) is 0 Å². The minimum atomic E-state index is -1.03. The molecule has 1 aliphatic heterocycles. The van der Waals surface area contributed by atoms with Crippen LogP contribution in [-0.2, 0) is 11.3 Å². The lowest BCUT2D eigenvalue weighted by Crippen LogP contribution is -2.28. The molecular formula is C29H22N2O4S. The van der Waals surface area contributed by atoms with Crippen LogP contribution in [0, 0.1) is 6.92 Å². The molecule has 1 aliphatic rings. The number of amidine groups is 1. The van der Waals surface area contributed by atoms with Gasteiger partial charge < -0.3 is 9.52 Å². The minimum absolute atomic E-state index is 0.152.